The summed E-state index contributed by atoms with van der Waals surface area (Å²) in [6.45, 7) is 0.795. The zero-order valence-electron chi connectivity index (χ0n) is 14.9. The van der Waals surface area contributed by atoms with E-state index in [1.807, 2.05) is 35.2 Å². The van der Waals surface area contributed by atoms with Crippen molar-refractivity contribution < 1.29 is 4.79 Å². The normalized spacial score (nSPS) is 13.3. The van der Waals surface area contributed by atoms with Crippen LogP contribution in [0.4, 0.5) is 5.69 Å². The summed E-state index contributed by atoms with van der Waals surface area (Å²) in [6, 6.07) is 26.8. The van der Waals surface area contributed by atoms with Crippen LogP contribution in [0.3, 0.4) is 0 Å². The SMILES string of the molecule is O=C(c1ccccc1CCc1ccccc1)N1CCCc2ccccc21. The summed E-state index contributed by atoms with van der Waals surface area (Å²) in [6.07, 6.45) is 3.90. The van der Waals surface area contributed by atoms with E-state index in [4.69, 9.17) is 0 Å². The van der Waals surface area contributed by atoms with E-state index in [2.05, 4.69) is 48.5 Å². The van der Waals surface area contributed by atoms with Crippen LogP contribution in [-0.2, 0) is 19.3 Å². The zero-order valence-corrected chi connectivity index (χ0v) is 14.9. The number of fused-ring (bicyclic) bond motifs is 1. The van der Waals surface area contributed by atoms with E-state index in [0.29, 0.717) is 0 Å². The first-order chi connectivity index (χ1) is 12.8. The van der Waals surface area contributed by atoms with E-state index in [1.165, 1.54) is 11.1 Å². The van der Waals surface area contributed by atoms with Gasteiger partial charge in [0, 0.05) is 17.8 Å². The van der Waals surface area contributed by atoms with Crippen molar-refractivity contribution in [2.24, 2.45) is 0 Å². The molecule has 0 saturated heterocycles. The molecular formula is C24H23NO. The molecule has 130 valence electrons. The Morgan fingerprint density at radius 1 is 0.808 bits per heavy atom. The van der Waals surface area contributed by atoms with Gasteiger partial charge in [0.2, 0.25) is 0 Å². The van der Waals surface area contributed by atoms with Crippen LogP contribution in [0.5, 0.6) is 0 Å². The van der Waals surface area contributed by atoms with Gasteiger partial charge in [-0.1, -0.05) is 66.7 Å². The second-order valence-corrected chi connectivity index (χ2v) is 6.83. The van der Waals surface area contributed by atoms with Gasteiger partial charge in [-0.2, -0.15) is 0 Å². The number of hydrogen-bond donors (Lipinski definition) is 0. The highest BCUT2D eigenvalue weighted by Gasteiger charge is 2.24. The molecule has 2 nitrogen and oxygen atoms in total. The Bertz CT molecular complexity index is 901. The third-order valence-electron chi connectivity index (χ3n) is 5.13. The van der Waals surface area contributed by atoms with Crippen LogP contribution in [0.1, 0.15) is 33.5 Å². The van der Waals surface area contributed by atoms with E-state index >= 15 is 0 Å². The molecule has 0 aliphatic carbocycles. The number of rotatable bonds is 4. The summed E-state index contributed by atoms with van der Waals surface area (Å²) in [7, 11) is 0. The number of benzene rings is 3. The number of aryl methyl sites for hydroxylation is 3. The van der Waals surface area contributed by atoms with Gasteiger partial charge in [0.15, 0.2) is 0 Å². The number of carbonyl (C=O) groups is 1. The number of nitrogens with zero attached hydrogens (tertiary/aromatic N) is 1. The van der Waals surface area contributed by atoms with Gasteiger partial charge in [-0.25, -0.2) is 0 Å². The molecule has 0 unspecified atom stereocenters. The predicted molar refractivity (Wildman–Crippen MR) is 107 cm³/mol. The van der Waals surface area contributed by atoms with Gasteiger partial charge in [0.25, 0.3) is 5.91 Å². The van der Waals surface area contributed by atoms with Crippen molar-refractivity contribution in [1.82, 2.24) is 0 Å². The van der Waals surface area contributed by atoms with Crippen molar-refractivity contribution in [2.45, 2.75) is 25.7 Å². The van der Waals surface area contributed by atoms with Crippen molar-refractivity contribution in [1.29, 1.82) is 0 Å². The standard InChI is InChI=1S/C24H23NO/c26-24(25-18-8-13-21-12-5-7-15-23(21)25)22-14-6-4-11-20(22)17-16-19-9-2-1-3-10-19/h1-7,9-12,14-15H,8,13,16-18H2. The van der Waals surface area contributed by atoms with Crippen LogP contribution in [0.25, 0.3) is 0 Å². The monoisotopic (exact) mass is 341 g/mol. The molecule has 0 atom stereocenters. The molecule has 0 fully saturated rings. The Balaban J connectivity index is 1.59. The minimum Gasteiger partial charge on any atom is -0.308 e. The van der Waals surface area contributed by atoms with Crippen molar-refractivity contribution >= 4 is 11.6 Å². The summed E-state index contributed by atoms with van der Waals surface area (Å²) in [4.78, 5) is 15.3. The van der Waals surface area contributed by atoms with E-state index < -0.39 is 0 Å². The molecule has 0 spiro atoms. The van der Waals surface area contributed by atoms with E-state index in [1.54, 1.807) is 0 Å². The molecule has 26 heavy (non-hydrogen) atoms. The molecule has 2 heteroatoms. The highest BCUT2D eigenvalue weighted by molar-refractivity contribution is 6.07. The largest absolute Gasteiger partial charge is 0.308 e. The molecule has 0 bridgehead atoms. The minimum atomic E-state index is 0.126. The molecule has 0 aromatic heterocycles. The lowest BCUT2D eigenvalue weighted by Gasteiger charge is -2.30. The fourth-order valence-electron chi connectivity index (χ4n) is 3.76. The summed E-state index contributed by atoms with van der Waals surface area (Å²) in [5.41, 5.74) is 5.61. The first kappa shape index (κ1) is 16.6. The summed E-state index contributed by atoms with van der Waals surface area (Å²) >= 11 is 0. The van der Waals surface area contributed by atoms with Gasteiger partial charge in [-0.05, 0) is 54.5 Å². The van der Waals surface area contributed by atoms with Crippen molar-refractivity contribution in [3.63, 3.8) is 0 Å². The number of hydrogen-bond acceptors (Lipinski definition) is 1. The molecular weight excluding hydrogens is 318 g/mol. The number of carbonyl (C=O) groups excluding carboxylic acids is 1. The lowest BCUT2D eigenvalue weighted by atomic mass is 9.97. The molecule has 0 radical (unpaired) electrons. The lowest BCUT2D eigenvalue weighted by Crippen LogP contribution is -2.36. The van der Waals surface area contributed by atoms with Gasteiger partial charge < -0.3 is 4.90 Å². The van der Waals surface area contributed by atoms with Crippen LogP contribution in [0.15, 0.2) is 78.9 Å². The minimum absolute atomic E-state index is 0.126. The van der Waals surface area contributed by atoms with Crippen molar-refractivity contribution in [2.75, 3.05) is 11.4 Å². The molecule has 1 aliphatic rings. The Hall–Kier alpha value is -2.87. The molecule has 4 rings (SSSR count). The van der Waals surface area contributed by atoms with E-state index in [-0.39, 0.29) is 5.91 Å². The first-order valence-electron chi connectivity index (χ1n) is 9.34. The maximum Gasteiger partial charge on any atom is 0.258 e. The van der Waals surface area contributed by atoms with Crippen LogP contribution in [0, 0.1) is 0 Å². The fourth-order valence-corrected chi connectivity index (χ4v) is 3.76. The maximum atomic E-state index is 13.3. The van der Waals surface area contributed by atoms with Gasteiger partial charge in [0.05, 0.1) is 0 Å². The van der Waals surface area contributed by atoms with Crippen LogP contribution < -0.4 is 4.90 Å². The van der Waals surface area contributed by atoms with Crippen molar-refractivity contribution in [3.8, 4) is 0 Å². The van der Waals surface area contributed by atoms with E-state index in [0.717, 1.165) is 49.0 Å². The summed E-state index contributed by atoms with van der Waals surface area (Å²) < 4.78 is 0. The van der Waals surface area contributed by atoms with E-state index in [9.17, 15) is 4.79 Å². The molecule has 1 aliphatic heterocycles. The molecule has 3 aromatic carbocycles. The van der Waals surface area contributed by atoms with Crippen LogP contribution in [0.2, 0.25) is 0 Å². The number of anilines is 1. The summed E-state index contributed by atoms with van der Waals surface area (Å²) in [5.74, 6) is 0.126. The third-order valence-corrected chi connectivity index (χ3v) is 5.13. The average Bonchev–Trinajstić information content (AvgIpc) is 2.72. The number of para-hydroxylation sites is 1. The molecule has 1 amide bonds. The van der Waals surface area contributed by atoms with Crippen LogP contribution >= 0.6 is 0 Å². The smallest absolute Gasteiger partial charge is 0.258 e. The first-order valence-corrected chi connectivity index (χ1v) is 9.34. The molecule has 1 heterocycles. The second-order valence-electron chi connectivity index (χ2n) is 6.83. The van der Waals surface area contributed by atoms with Gasteiger partial charge in [0.1, 0.15) is 0 Å². The average molecular weight is 341 g/mol. The fraction of sp³-hybridized carbons (Fsp3) is 0.208. The Kier molecular flexibility index (Phi) is 4.83. The molecule has 3 aromatic rings. The molecule has 0 N–H and O–H groups in total. The lowest BCUT2D eigenvalue weighted by molar-refractivity contribution is 0.0984. The van der Waals surface area contributed by atoms with Gasteiger partial charge in [-0.3, -0.25) is 4.79 Å². The van der Waals surface area contributed by atoms with Gasteiger partial charge >= 0.3 is 0 Å². The molecule has 0 saturated carbocycles. The topological polar surface area (TPSA) is 20.3 Å². The maximum absolute atomic E-state index is 13.3. The summed E-state index contributed by atoms with van der Waals surface area (Å²) in [5, 5.41) is 0. The third kappa shape index (κ3) is 3.41. The number of amides is 1. The Morgan fingerprint density at radius 3 is 2.42 bits per heavy atom. The van der Waals surface area contributed by atoms with Crippen LogP contribution in [-0.4, -0.2) is 12.5 Å². The quantitative estimate of drug-likeness (QED) is 0.649. The second kappa shape index (κ2) is 7.57. The predicted octanol–water partition coefficient (Wildman–Crippen LogP) is 5.06. The van der Waals surface area contributed by atoms with Crippen molar-refractivity contribution in [3.05, 3.63) is 101 Å². The Labute approximate surface area is 155 Å². The highest BCUT2D eigenvalue weighted by Crippen LogP contribution is 2.29. The Morgan fingerprint density at radius 2 is 1.54 bits per heavy atom. The van der Waals surface area contributed by atoms with Gasteiger partial charge in [-0.15, -0.1) is 0 Å². The highest BCUT2D eigenvalue weighted by atomic mass is 16.2. The zero-order chi connectivity index (χ0) is 17.8.